The van der Waals surface area contributed by atoms with Crippen molar-refractivity contribution in [1.29, 1.82) is 0 Å². The van der Waals surface area contributed by atoms with E-state index in [1.807, 2.05) is 0 Å². The van der Waals surface area contributed by atoms with E-state index in [0.717, 1.165) is 11.0 Å². The number of nitro groups is 1. The molecule has 0 spiro atoms. The zero-order valence-corrected chi connectivity index (χ0v) is 8.45. The van der Waals surface area contributed by atoms with Gasteiger partial charge in [0.15, 0.2) is 6.23 Å². The third-order valence-electron chi connectivity index (χ3n) is 2.44. The highest BCUT2D eigenvalue weighted by Gasteiger charge is 2.45. The minimum absolute atomic E-state index is 0.481. The Morgan fingerprint density at radius 1 is 1.53 bits per heavy atom. The number of rotatable bonds is 3. The molecule has 0 radical (unpaired) electrons. The van der Waals surface area contributed by atoms with Crippen LogP contribution in [-0.2, 0) is 4.74 Å². The molecule has 3 N–H and O–H groups in total. The summed E-state index contributed by atoms with van der Waals surface area (Å²) < 4.78 is 6.03. The average Bonchev–Trinajstić information content (AvgIpc) is 2.87. The molecule has 0 amide bonds. The summed E-state index contributed by atoms with van der Waals surface area (Å²) in [7, 11) is 0. The van der Waals surface area contributed by atoms with Crippen LogP contribution in [0.4, 0.5) is 5.95 Å². The lowest BCUT2D eigenvalue weighted by Gasteiger charge is -2.11. The second-order valence-electron chi connectivity index (χ2n) is 3.51. The molecule has 4 atom stereocenters. The van der Waals surface area contributed by atoms with Crippen LogP contribution in [0, 0.1) is 10.1 Å². The molecular weight excluding hydrogens is 236 g/mol. The molecule has 1 fully saturated rings. The molecule has 94 valence electrons. The van der Waals surface area contributed by atoms with E-state index in [9.17, 15) is 20.3 Å². The Bertz CT molecular complexity index is 422. The standard InChI is InChI=1S/C7H10N4O6/c12-1-3-4(13)5(14)6(17-3)10-2-8-7(9-10)11(15)16/h2-6,12-14H,1H2/t3-,4?,5+,6-/m1/s1. The van der Waals surface area contributed by atoms with E-state index >= 15 is 0 Å². The fraction of sp³-hybridized carbons (Fsp3) is 0.714. The molecular formula is C7H10N4O6. The van der Waals surface area contributed by atoms with Crippen molar-refractivity contribution in [2.24, 2.45) is 0 Å². The van der Waals surface area contributed by atoms with Crippen molar-refractivity contribution in [3.8, 4) is 0 Å². The molecule has 1 aromatic rings. The Kier molecular flexibility index (Phi) is 3.02. The Labute approximate surface area is 94.2 Å². The maximum Gasteiger partial charge on any atom is 0.491 e. The summed E-state index contributed by atoms with van der Waals surface area (Å²) in [5.74, 6) is -0.636. The van der Waals surface area contributed by atoms with Crippen molar-refractivity contribution in [2.45, 2.75) is 24.5 Å². The summed E-state index contributed by atoms with van der Waals surface area (Å²) in [5, 5.41) is 41.8. The van der Waals surface area contributed by atoms with Crippen molar-refractivity contribution in [2.75, 3.05) is 6.61 Å². The van der Waals surface area contributed by atoms with E-state index in [-0.39, 0.29) is 0 Å². The van der Waals surface area contributed by atoms with Gasteiger partial charge in [-0.2, -0.15) is 0 Å². The van der Waals surface area contributed by atoms with E-state index in [1.54, 1.807) is 0 Å². The fourth-order valence-electron chi connectivity index (χ4n) is 1.57. The lowest BCUT2D eigenvalue weighted by Crippen LogP contribution is -2.33. The number of nitrogens with zero attached hydrogens (tertiary/aromatic N) is 4. The van der Waals surface area contributed by atoms with Crippen LogP contribution in [0.3, 0.4) is 0 Å². The molecule has 0 aliphatic carbocycles. The largest absolute Gasteiger partial charge is 0.491 e. The van der Waals surface area contributed by atoms with Gasteiger partial charge in [-0.25, -0.2) is 0 Å². The summed E-state index contributed by atoms with van der Waals surface area (Å²) in [6.45, 7) is -0.481. The summed E-state index contributed by atoms with van der Waals surface area (Å²) in [6, 6.07) is 0. The van der Waals surface area contributed by atoms with Gasteiger partial charge in [-0.3, -0.25) is 0 Å². The number of aliphatic hydroxyl groups is 3. The zero-order chi connectivity index (χ0) is 12.6. The molecule has 1 aromatic heterocycles. The van der Waals surface area contributed by atoms with Gasteiger partial charge in [-0.15, -0.1) is 4.68 Å². The molecule has 0 aromatic carbocycles. The van der Waals surface area contributed by atoms with E-state index < -0.39 is 42.0 Å². The quantitative estimate of drug-likeness (QED) is 0.402. The molecule has 10 nitrogen and oxygen atoms in total. The van der Waals surface area contributed by atoms with Crippen molar-refractivity contribution >= 4 is 5.95 Å². The number of aliphatic hydroxyl groups excluding tert-OH is 3. The van der Waals surface area contributed by atoms with Gasteiger partial charge in [-0.05, 0) is 4.92 Å². The van der Waals surface area contributed by atoms with Crippen LogP contribution in [0.5, 0.6) is 0 Å². The molecule has 2 rings (SSSR count). The van der Waals surface area contributed by atoms with E-state index in [0.29, 0.717) is 0 Å². The molecule has 17 heavy (non-hydrogen) atoms. The Morgan fingerprint density at radius 2 is 2.24 bits per heavy atom. The van der Waals surface area contributed by atoms with Crippen LogP contribution in [0.1, 0.15) is 6.23 Å². The van der Waals surface area contributed by atoms with Crippen LogP contribution in [-0.4, -0.2) is 59.9 Å². The van der Waals surface area contributed by atoms with Gasteiger partial charge in [0.25, 0.3) is 0 Å². The molecule has 1 aliphatic heterocycles. The number of hydrogen-bond donors (Lipinski definition) is 3. The highest BCUT2D eigenvalue weighted by atomic mass is 16.6. The fourth-order valence-corrected chi connectivity index (χ4v) is 1.57. The van der Waals surface area contributed by atoms with E-state index in [1.165, 1.54) is 0 Å². The van der Waals surface area contributed by atoms with Crippen LogP contribution < -0.4 is 0 Å². The first-order valence-electron chi connectivity index (χ1n) is 4.72. The summed E-state index contributed by atoms with van der Waals surface area (Å²) >= 11 is 0. The summed E-state index contributed by atoms with van der Waals surface area (Å²) in [6.07, 6.45) is -3.68. The first-order valence-corrected chi connectivity index (χ1v) is 4.72. The molecule has 1 saturated heterocycles. The second-order valence-corrected chi connectivity index (χ2v) is 3.51. The Balaban J connectivity index is 2.19. The monoisotopic (exact) mass is 246 g/mol. The Hall–Kier alpha value is -1.62. The van der Waals surface area contributed by atoms with Gasteiger partial charge < -0.3 is 30.2 Å². The minimum atomic E-state index is -1.34. The number of aromatic nitrogens is 3. The van der Waals surface area contributed by atoms with Crippen LogP contribution in [0.25, 0.3) is 0 Å². The van der Waals surface area contributed by atoms with Crippen molar-refractivity contribution < 1.29 is 25.0 Å². The third kappa shape index (κ3) is 1.98. The number of hydrogen-bond acceptors (Lipinski definition) is 8. The highest BCUT2D eigenvalue weighted by molar-refractivity contribution is 4.99. The molecule has 0 bridgehead atoms. The third-order valence-corrected chi connectivity index (χ3v) is 2.44. The normalized spacial score (nSPS) is 32.9. The molecule has 1 aliphatic rings. The van der Waals surface area contributed by atoms with Crippen molar-refractivity contribution in [3.05, 3.63) is 16.4 Å². The molecule has 2 heterocycles. The summed E-state index contributed by atoms with van der Waals surface area (Å²) in [4.78, 5) is 13.0. The van der Waals surface area contributed by atoms with Gasteiger partial charge in [0.05, 0.1) is 6.61 Å². The topological polar surface area (TPSA) is 144 Å². The predicted octanol–water partition coefficient (Wildman–Crippen LogP) is -2.20. The highest BCUT2D eigenvalue weighted by Crippen LogP contribution is 2.28. The van der Waals surface area contributed by atoms with Gasteiger partial charge in [0, 0.05) is 5.10 Å². The van der Waals surface area contributed by atoms with Crippen molar-refractivity contribution in [1.82, 2.24) is 14.8 Å². The van der Waals surface area contributed by atoms with Crippen LogP contribution >= 0.6 is 0 Å². The number of ether oxygens (including phenoxy) is 1. The smallest absolute Gasteiger partial charge is 0.394 e. The molecule has 0 saturated carbocycles. The van der Waals surface area contributed by atoms with Crippen LogP contribution in [0.15, 0.2) is 6.33 Å². The lowest BCUT2D eigenvalue weighted by molar-refractivity contribution is -0.394. The van der Waals surface area contributed by atoms with Gasteiger partial charge in [-0.1, -0.05) is 4.98 Å². The molecule has 10 heteroatoms. The Morgan fingerprint density at radius 3 is 2.71 bits per heavy atom. The first kappa shape index (κ1) is 11.9. The van der Waals surface area contributed by atoms with E-state index in [4.69, 9.17) is 9.84 Å². The van der Waals surface area contributed by atoms with Crippen LogP contribution in [0.2, 0.25) is 0 Å². The maximum absolute atomic E-state index is 10.4. The predicted molar refractivity (Wildman–Crippen MR) is 49.7 cm³/mol. The van der Waals surface area contributed by atoms with Gasteiger partial charge in [0.2, 0.25) is 6.33 Å². The van der Waals surface area contributed by atoms with Gasteiger partial charge in [0.1, 0.15) is 18.3 Å². The maximum atomic E-state index is 10.4. The zero-order valence-electron chi connectivity index (χ0n) is 8.45. The molecule has 1 unspecified atom stereocenters. The lowest BCUT2D eigenvalue weighted by atomic mass is 10.1. The average molecular weight is 246 g/mol. The van der Waals surface area contributed by atoms with Crippen molar-refractivity contribution in [3.63, 3.8) is 0 Å². The summed E-state index contributed by atoms with van der Waals surface area (Å²) in [5.41, 5.74) is 0. The first-order chi connectivity index (χ1) is 8.04. The van der Waals surface area contributed by atoms with Gasteiger partial charge >= 0.3 is 5.95 Å². The minimum Gasteiger partial charge on any atom is -0.394 e. The van der Waals surface area contributed by atoms with E-state index in [2.05, 4.69) is 10.1 Å². The second kappa shape index (κ2) is 4.33. The SMILES string of the molecule is O=[N+]([O-])c1ncn([C@@H]2O[C@H](CO)C(O)[C@@H]2O)n1.